The van der Waals surface area contributed by atoms with E-state index in [0.717, 1.165) is 16.7 Å². The first-order valence-corrected chi connectivity index (χ1v) is 12.5. The average Bonchev–Trinajstić information content (AvgIpc) is 3.18. The van der Waals surface area contributed by atoms with Gasteiger partial charge in [0.05, 0.1) is 39.6 Å². The molecule has 0 unspecified atom stereocenters. The highest BCUT2D eigenvalue weighted by Crippen LogP contribution is 2.50. The highest BCUT2D eigenvalue weighted by atomic mass is 16.5. The molecule has 1 aliphatic carbocycles. The number of hydrogen-bond donors (Lipinski definition) is 3. The lowest BCUT2D eigenvalue weighted by Gasteiger charge is -2.19. The molecule has 1 aliphatic rings. The fourth-order valence-electron chi connectivity index (χ4n) is 4.80. The Bertz CT molecular complexity index is 1430. The van der Waals surface area contributed by atoms with E-state index in [-0.39, 0.29) is 29.5 Å². The van der Waals surface area contributed by atoms with Crippen LogP contribution >= 0.6 is 0 Å². The SMILES string of the molecule is COc1cc2c(c(OC)c1OC)-c1ccc(NCC(=O)NCc3cccnc3)c(=O)cc1[C@@H](NC(C)=O)CC2. The van der Waals surface area contributed by atoms with Crippen molar-refractivity contribution >= 4 is 17.5 Å². The van der Waals surface area contributed by atoms with Crippen LogP contribution in [0.4, 0.5) is 5.69 Å². The summed E-state index contributed by atoms with van der Waals surface area (Å²) < 4.78 is 17.0. The van der Waals surface area contributed by atoms with Crippen LogP contribution in [-0.2, 0) is 22.6 Å². The van der Waals surface area contributed by atoms with E-state index < -0.39 is 6.04 Å². The molecule has 10 nitrogen and oxygen atoms in total. The number of aromatic nitrogens is 1. The van der Waals surface area contributed by atoms with Crippen molar-refractivity contribution in [3.63, 3.8) is 0 Å². The summed E-state index contributed by atoms with van der Waals surface area (Å²) in [5.41, 5.74) is 3.86. The van der Waals surface area contributed by atoms with Gasteiger partial charge in [-0.1, -0.05) is 12.1 Å². The second kappa shape index (κ2) is 12.3. The number of amides is 2. The molecule has 3 N–H and O–H groups in total. The molecule has 2 aromatic carbocycles. The van der Waals surface area contributed by atoms with Crippen molar-refractivity contribution < 1.29 is 23.8 Å². The Labute approximate surface area is 226 Å². The highest BCUT2D eigenvalue weighted by molar-refractivity contribution is 5.84. The number of nitrogens with zero attached hydrogens (tertiary/aromatic N) is 1. The maximum atomic E-state index is 13.3. The minimum Gasteiger partial charge on any atom is -0.493 e. The van der Waals surface area contributed by atoms with Crippen LogP contribution in [0.5, 0.6) is 17.2 Å². The zero-order valence-corrected chi connectivity index (χ0v) is 22.4. The number of carbonyl (C=O) groups excluding carboxylic acids is 2. The zero-order chi connectivity index (χ0) is 27.9. The van der Waals surface area contributed by atoms with Crippen molar-refractivity contribution in [1.29, 1.82) is 0 Å². The van der Waals surface area contributed by atoms with Gasteiger partial charge in [-0.25, -0.2) is 0 Å². The van der Waals surface area contributed by atoms with Gasteiger partial charge in [0.1, 0.15) is 0 Å². The van der Waals surface area contributed by atoms with Gasteiger partial charge < -0.3 is 30.2 Å². The number of methoxy groups -OCH3 is 3. The Morgan fingerprint density at radius 2 is 1.85 bits per heavy atom. The number of fused-ring (bicyclic) bond motifs is 3. The van der Waals surface area contributed by atoms with Gasteiger partial charge in [-0.15, -0.1) is 0 Å². The number of rotatable bonds is 9. The van der Waals surface area contributed by atoms with E-state index >= 15 is 0 Å². The minimum atomic E-state index is -0.415. The van der Waals surface area contributed by atoms with Gasteiger partial charge in [0.15, 0.2) is 11.5 Å². The Morgan fingerprint density at radius 3 is 2.51 bits per heavy atom. The standard InChI is InChI=1S/C29H32N4O6/c1-17(34)33-22-9-7-19-12-25(37-2)28(38-3)29(39-4)27(19)20-8-10-23(24(35)13-21(20)22)31-16-26(36)32-15-18-6-5-11-30-14-18/h5-6,8,10-14,22H,7,9,15-16H2,1-4H3,(H,31,35)(H,32,36)(H,33,34)/t22-/m0/s1. The number of anilines is 1. The molecule has 0 fully saturated rings. The third-order valence-corrected chi connectivity index (χ3v) is 6.57. The molecule has 0 radical (unpaired) electrons. The van der Waals surface area contributed by atoms with Gasteiger partial charge in [-0.3, -0.25) is 19.4 Å². The molecule has 3 aromatic rings. The van der Waals surface area contributed by atoms with Crippen LogP contribution in [0.25, 0.3) is 11.1 Å². The number of hydrogen-bond acceptors (Lipinski definition) is 8. The molecule has 4 rings (SSSR count). The summed E-state index contributed by atoms with van der Waals surface area (Å²) in [6.45, 7) is 1.68. The first kappa shape index (κ1) is 27.4. The molecule has 0 spiro atoms. The molecule has 204 valence electrons. The Hall–Kier alpha value is -4.60. The maximum Gasteiger partial charge on any atom is 0.239 e. The largest absolute Gasteiger partial charge is 0.493 e. The van der Waals surface area contributed by atoms with E-state index in [1.165, 1.54) is 20.1 Å². The summed E-state index contributed by atoms with van der Waals surface area (Å²) in [6.07, 6.45) is 4.50. The van der Waals surface area contributed by atoms with Crippen molar-refractivity contribution in [2.45, 2.75) is 32.4 Å². The molecule has 0 saturated heterocycles. The van der Waals surface area contributed by atoms with Gasteiger partial charge in [0, 0.05) is 31.4 Å². The molecule has 2 amide bonds. The topological polar surface area (TPSA) is 128 Å². The van der Waals surface area contributed by atoms with Crippen LogP contribution < -0.4 is 35.6 Å². The second-order valence-corrected chi connectivity index (χ2v) is 9.09. The van der Waals surface area contributed by atoms with E-state index in [0.29, 0.717) is 47.8 Å². The number of aryl methyl sites for hydroxylation is 1. The number of carbonyl (C=O) groups is 2. The molecule has 1 heterocycles. The first-order valence-electron chi connectivity index (χ1n) is 12.5. The van der Waals surface area contributed by atoms with Crippen LogP contribution in [0.3, 0.4) is 0 Å². The van der Waals surface area contributed by atoms with Crippen molar-refractivity contribution in [2.24, 2.45) is 0 Å². The van der Waals surface area contributed by atoms with Crippen LogP contribution in [-0.4, -0.2) is 44.7 Å². The number of benzene rings is 1. The third kappa shape index (κ3) is 6.11. The second-order valence-electron chi connectivity index (χ2n) is 9.09. The summed E-state index contributed by atoms with van der Waals surface area (Å²) in [5, 5.41) is 8.74. The summed E-state index contributed by atoms with van der Waals surface area (Å²) in [7, 11) is 4.64. The van der Waals surface area contributed by atoms with Crippen molar-refractivity contribution in [1.82, 2.24) is 15.6 Å². The Morgan fingerprint density at radius 1 is 1.05 bits per heavy atom. The fourth-order valence-corrected chi connectivity index (χ4v) is 4.80. The van der Waals surface area contributed by atoms with E-state index in [4.69, 9.17) is 14.2 Å². The van der Waals surface area contributed by atoms with Crippen molar-refractivity contribution in [3.8, 4) is 28.4 Å². The van der Waals surface area contributed by atoms with Gasteiger partial charge in [0.2, 0.25) is 23.0 Å². The number of ether oxygens (including phenoxy) is 3. The maximum absolute atomic E-state index is 13.3. The lowest BCUT2D eigenvalue weighted by Crippen LogP contribution is -2.30. The molecule has 39 heavy (non-hydrogen) atoms. The predicted molar refractivity (Wildman–Crippen MR) is 147 cm³/mol. The van der Waals surface area contributed by atoms with Gasteiger partial charge in [0.25, 0.3) is 0 Å². The number of pyridine rings is 1. The molecular formula is C29H32N4O6. The quantitative estimate of drug-likeness (QED) is 0.384. The molecular weight excluding hydrogens is 500 g/mol. The molecule has 0 aliphatic heterocycles. The van der Waals surface area contributed by atoms with Gasteiger partial charge >= 0.3 is 0 Å². The Kier molecular flexibility index (Phi) is 8.65. The summed E-state index contributed by atoms with van der Waals surface area (Å²) in [5.74, 6) is 0.949. The average molecular weight is 533 g/mol. The summed E-state index contributed by atoms with van der Waals surface area (Å²) in [6, 6.07) is 10.1. The molecule has 0 saturated carbocycles. The van der Waals surface area contributed by atoms with Crippen LogP contribution in [0.2, 0.25) is 0 Å². The van der Waals surface area contributed by atoms with Gasteiger partial charge in [-0.2, -0.15) is 0 Å². The third-order valence-electron chi connectivity index (χ3n) is 6.57. The highest BCUT2D eigenvalue weighted by Gasteiger charge is 2.29. The zero-order valence-electron chi connectivity index (χ0n) is 22.4. The normalized spacial score (nSPS) is 13.7. The van der Waals surface area contributed by atoms with Crippen LogP contribution in [0.1, 0.15) is 36.1 Å². The summed E-state index contributed by atoms with van der Waals surface area (Å²) >= 11 is 0. The predicted octanol–water partition coefficient (Wildman–Crippen LogP) is 2.99. The van der Waals surface area contributed by atoms with Crippen molar-refractivity contribution in [3.05, 3.63) is 75.7 Å². The fraction of sp³-hybridized carbons (Fsp3) is 0.310. The minimum absolute atomic E-state index is 0.0930. The van der Waals surface area contributed by atoms with Crippen molar-refractivity contribution in [2.75, 3.05) is 33.2 Å². The van der Waals surface area contributed by atoms with Gasteiger partial charge in [-0.05, 0) is 59.4 Å². The Balaban J connectivity index is 1.73. The van der Waals surface area contributed by atoms with E-state index in [1.807, 2.05) is 12.1 Å². The molecule has 10 heteroatoms. The lowest BCUT2D eigenvalue weighted by atomic mass is 9.95. The molecule has 1 atom stereocenters. The number of nitrogens with one attached hydrogen (secondary N) is 3. The lowest BCUT2D eigenvalue weighted by molar-refractivity contribution is -0.120. The van der Waals surface area contributed by atoms with Crippen LogP contribution in [0.15, 0.2) is 53.6 Å². The smallest absolute Gasteiger partial charge is 0.239 e. The molecule has 1 aromatic heterocycles. The monoisotopic (exact) mass is 532 g/mol. The van der Waals surface area contributed by atoms with Crippen LogP contribution in [0, 0.1) is 0 Å². The summed E-state index contributed by atoms with van der Waals surface area (Å²) in [4.78, 5) is 41.9. The van der Waals surface area contributed by atoms with E-state index in [2.05, 4.69) is 20.9 Å². The van der Waals surface area contributed by atoms with E-state index in [9.17, 15) is 14.4 Å². The first-order chi connectivity index (χ1) is 18.9. The molecule has 0 bridgehead atoms. The van der Waals surface area contributed by atoms with E-state index in [1.54, 1.807) is 44.8 Å².